The maximum absolute atomic E-state index is 13.4. The number of Topliss-reactive ketones (excluding diaryl/α,β-unsaturated/α-hetero) is 1. The van der Waals surface area contributed by atoms with Gasteiger partial charge in [-0.05, 0) is 43.2 Å². The van der Waals surface area contributed by atoms with Crippen molar-refractivity contribution in [3.05, 3.63) is 73.9 Å². The summed E-state index contributed by atoms with van der Waals surface area (Å²) in [5, 5.41) is 0.221. The van der Waals surface area contributed by atoms with Crippen LogP contribution in [-0.4, -0.2) is 15.0 Å². The Morgan fingerprint density at radius 2 is 1.81 bits per heavy atom. The van der Waals surface area contributed by atoms with Gasteiger partial charge in [0.25, 0.3) is 0 Å². The number of carbonyl (C=O) groups excluding carboxylic acids is 1. The number of benzene rings is 2. The molecule has 4 nitrogen and oxygen atoms in total. The molecular formula is C19H14ClF2NO3S. The molecule has 0 aliphatic heterocycles. The molecule has 140 valence electrons. The van der Waals surface area contributed by atoms with Crippen molar-refractivity contribution in [2.24, 2.45) is 0 Å². The minimum Gasteiger partial charge on any atom is -0.347 e. The fourth-order valence-corrected chi connectivity index (χ4v) is 4.41. The molecule has 8 heteroatoms. The molecular weight excluding hydrogens is 396 g/mol. The summed E-state index contributed by atoms with van der Waals surface area (Å²) in [5.41, 5.74) is 0.288. The Hall–Kier alpha value is -2.38. The maximum Gasteiger partial charge on any atom is 0.202 e. The van der Waals surface area contributed by atoms with Crippen molar-refractivity contribution in [2.75, 3.05) is 0 Å². The molecule has 3 aromatic rings. The van der Waals surface area contributed by atoms with Crippen LogP contribution in [0.15, 0.2) is 40.2 Å². The summed E-state index contributed by atoms with van der Waals surface area (Å²) in [4.78, 5) is 27.8. The number of pyridine rings is 1. The fourth-order valence-electron chi connectivity index (χ4n) is 2.88. The molecule has 0 saturated heterocycles. The van der Waals surface area contributed by atoms with E-state index >= 15 is 0 Å². The summed E-state index contributed by atoms with van der Waals surface area (Å²) in [6.07, 6.45) is 0. The van der Waals surface area contributed by atoms with E-state index in [0.717, 1.165) is 12.1 Å². The van der Waals surface area contributed by atoms with Crippen molar-refractivity contribution in [3.63, 3.8) is 0 Å². The van der Waals surface area contributed by atoms with Crippen LogP contribution < -0.4 is 5.43 Å². The van der Waals surface area contributed by atoms with Crippen molar-refractivity contribution >= 4 is 39.1 Å². The van der Waals surface area contributed by atoms with Crippen molar-refractivity contribution in [3.8, 4) is 0 Å². The second-order valence-electron chi connectivity index (χ2n) is 6.10. The Bertz CT molecular complexity index is 1150. The van der Waals surface area contributed by atoms with Crippen LogP contribution in [0.4, 0.5) is 8.78 Å². The lowest BCUT2D eigenvalue weighted by molar-refractivity contribution is 0.101. The zero-order chi connectivity index (χ0) is 19.9. The predicted octanol–water partition coefficient (Wildman–Crippen LogP) is 4.28. The first-order valence-corrected chi connectivity index (χ1v) is 9.58. The summed E-state index contributed by atoms with van der Waals surface area (Å²) in [5.74, 6) is -2.45. The lowest BCUT2D eigenvalue weighted by Crippen LogP contribution is -2.20. The summed E-state index contributed by atoms with van der Waals surface area (Å²) in [7, 11) is -1.92. The Labute approximate surface area is 160 Å². The minimum atomic E-state index is -1.92. The summed E-state index contributed by atoms with van der Waals surface area (Å²) in [6, 6.07) is 6.04. The van der Waals surface area contributed by atoms with Gasteiger partial charge in [0.05, 0.1) is 38.0 Å². The number of hydrogen-bond donors (Lipinski definition) is 1. The van der Waals surface area contributed by atoms with Gasteiger partial charge in [0, 0.05) is 6.07 Å². The van der Waals surface area contributed by atoms with Crippen LogP contribution in [0.5, 0.6) is 0 Å². The van der Waals surface area contributed by atoms with E-state index in [-0.39, 0.29) is 32.3 Å². The number of rotatable bonds is 4. The van der Waals surface area contributed by atoms with E-state index in [1.54, 1.807) is 19.1 Å². The highest BCUT2D eigenvalue weighted by Gasteiger charge is 2.22. The van der Waals surface area contributed by atoms with Crippen LogP contribution in [0, 0.1) is 18.6 Å². The van der Waals surface area contributed by atoms with Crippen LogP contribution in [0.25, 0.3) is 10.9 Å². The van der Waals surface area contributed by atoms with Crippen LogP contribution in [0.2, 0.25) is 5.02 Å². The van der Waals surface area contributed by atoms with Gasteiger partial charge < -0.3 is 4.98 Å². The first-order valence-electron chi connectivity index (χ1n) is 7.88. The van der Waals surface area contributed by atoms with Crippen molar-refractivity contribution in [1.82, 2.24) is 4.98 Å². The first-order chi connectivity index (χ1) is 12.7. The maximum atomic E-state index is 13.4. The highest BCUT2D eigenvalue weighted by Crippen LogP contribution is 2.25. The lowest BCUT2D eigenvalue weighted by Gasteiger charge is -2.12. The predicted molar refractivity (Wildman–Crippen MR) is 101 cm³/mol. The van der Waals surface area contributed by atoms with Crippen LogP contribution in [0.1, 0.15) is 28.4 Å². The number of carbonyl (C=O) groups is 1. The number of H-pyrrole nitrogens is 1. The number of aromatic amines is 1. The number of hydrogen-bond acceptors (Lipinski definition) is 3. The lowest BCUT2D eigenvalue weighted by atomic mass is 10.1. The van der Waals surface area contributed by atoms with Gasteiger partial charge in [-0.3, -0.25) is 13.8 Å². The molecule has 2 aromatic carbocycles. The van der Waals surface area contributed by atoms with Gasteiger partial charge in [-0.1, -0.05) is 17.7 Å². The second kappa shape index (κ2) is 7.32. The smallest absolute Gasteiger partial charge is 0.202 e. The van der Waals surface area contributed by atoms with Crippen molar-refractivity contribution < 1.29 is 17.8 Å². The molecule has 0 bridgehead atoms. The zero-order valence-electron chi connectivity index (χ0n) is 14.4. The van der Waals surface area contributed by atoms with E-state index in [1.165, 1.54) is 6.92 Å². The van der Waals surface area contributed by atoms with Crippen molar-refractivity contribution in [1.29, 1.82) is 0 Å². The van der Waals surface area contributed by atoms with E-state index in [2.05, 4.69) is 4.98 Å². The second-order valence-corrected chi connectivity index (χ2v) is 7.89. The van der Waals surface area contributed by atoms with Gasteiger partial charge in [0.2, 0.25) is 5.43 Å². The van der Waals surface area contributed by atoms with E-state index in [0.29, 0.717) is 17.1 Å². The third-order valence-corrected chi connectivity index (χ3v) is 5.75. The van der Waals surface area contributed by atoms with E-state index in [1.807, 2.05) is 0 Å². The van der Waals surface area contributed by atoms with Crippen LogP contribution >= 0.6 is 11.6 Å². The van der Waals surface area contributed by atoms with Crippen LogP contribution in [0.3, 0.4) is 0 Å². The van der Waals surface area contributed by atoms with Gasteiger partial charge in [-0.2, -0.15) is 0 Å². The molecule has 1 atom stereocenters. The van der Waals surface area contributed by atoms with Gasteiger partial charge in [-0.25, -0.2) is 8.78 Å². The molecule has 0 aliphatic carbocycles. The normalized spacial score (nSPS) is 12.3. The average molecular weight is 410 g/mol. The van der Waals surface area contributed by atoms with E-state index in [9.17, 15) is 22.6 Å². The molecule has 3 rings (SSSR count). The summed E-state index contributed by atoms with van der Waals surface area (Å²) < 4.78 is 39.7. The van der Waals surface area contributed by atoms with E-state index < -0.39 is 33.6 Å². The molecule has 1 N–H and O–H groups in total. The molecule has 0 aliphatic rings. The molecule has 1 aromatic heterocycles. The standard InChI is InChI=1S/C19H14ClF2NO3S/c1-9-3-4-14(20)16-17(9)23-19(15(10(2)24)18(16)25)27(26)8-11-5-12(21)7-13(22)6-11/h3-7H,8H2,1-2H3,(H,23,25). The third kappa shape index (κ3) is 3.70. The molecule has 0 fully saturated rings. The molecule has 27 heavy (non-hydrogen) atoms. The number of nitrogens with one attached hydrogen (secondary N) is 1. The highest BCUT2D eigenvalue weighted by atomic mass is 35.5. The zero-order valence-corrected chi connectivity index (χ0v) is 15.9. The molecule has 1 unspecified atom stereocenters. The molecule has 1 heterocycles. The molecule has 0 saturated carbocycles. The molecule has 0 amide bonds. The Morgan fingerprint density at radius 1 is 1.19 bits per heavy atom. The van der Waals surface area contributed by atoms with E-state index in [4.69, 9.17) is 11.6 Å². The van der Waals surface area contributed by atoms with Gasteiger partial charge >= 0.3 is 0 Å². The Morgan fingerprint density at radius 3 is 2.41 bits per heavy atom. The fraction of sp³-hybridized carbons (Fsp3) is 0.158. The van der Waals surface area contributed by atoms with Gasteiger partial charge in [-0.15, -0.1) is 0 Å². The summed E-state index contributed by atoms with van der Waals surface area (Å²) in [6.45, 7) is 2.92. The quantitative estimate of drug-likeness (QED) is 0.654. The van der Waals surface area contributed by atoms with Crippen LogP contribution in [-0.2, 0) is 16.6 Å². The Kier molecular flexibility index (Phi) is 5.26. The molecule has 0 radical (unpaired) electrons. The number of fused-ring (bicyclic) bond motifs is 1. The average Bonchev–Trinajstić information content (AvgIpc) is 2.56. The monoisotopic (exact) mass is 409 g/mol. The largest absolute Gasteiger partial charge is 0.347 e. The number of halogens is 3. The Balaban J connectivity index is 2.22. The minimum absolute atomic E-state index is 0.0879. The topological polar surface area (TPSA) is 67.0 Å². The van der Waals surface area contributed by atoms with Crippen molar-refractivity contribution in [2.45, 2.75) is 24.6 Å². The third-order valence-electron chi connectivity index (χ3n) is 4.08. The number of aromatic nitrogens is 1. The highest BCUT2D eigenvalue weighted by molar-refractivity contribution is 7.84. The number of aryl methyl sites for hydroxylation is 1. The SMILES string of the molecule is CC(=O)c1c(S(=O)Cc2cc(F)cc(F)c2)[nH]c2c(C)ccc(Cl)c2c1=O. The summed E-state index contributed by atoms with van der Waals surface area (Å²) >= 11 is 6.12. The molecule has 0 spiro atoms. The van der Waals surface area contributed by atoms with Gasteiger partial charge in [0.1, 0.15) is 16.7 Å². The number of ketones is 1. The van der Waals surface area contributed by atoms with Gasteiger partial charge in [0.15, 0.2) is 5.78 Å². The first kappa shape index (κ1) is 19.4.